The SMILES string of the molecule is CC/C=C/C/C=C/C/C=C/C/C=C/CCCCC(=O)OC[C@H](COP(=O)(O)OC[C@@H](O)CO)OC(=O)CCCCCCCCCCCCCCCCCCCC. The normalized spacial score (nSPS) is 14.3. The topological polar surface area (TPSA) is 149 Å². The van der Waals surface area contributed by atoms with Crippen molar-refractivity contribution in [2.24, 2.45) is 0 Å². The number of rotatable bonds is 41. The molecule has 0 rings (SSSR count). The number of ether oxygens (including phenoxy) is 2. The maximum atomic E-state index is 12.6. The minimum atomic E-state index is -4.63. The summed E-state index contributed by atoms with van der Waals surface area (Å²) < 4.78 is 32.7. The van der Waals surface area contributed by atoms with E-state index in [-0.39, 0.29) is 19.4 Å². The Kier molecular flexibility index (Phi) is 39.6. The molecule has 1 unspecified atom stereocenters. The Hall–Kier alpha value is -2.07. The summed E-state index contributed by atoms with van der Waals surface area (Å²) in [5.41, 5.74) is 0. The lowest BCUT2D eigenvalue weighted by atomic mass is 10.0. The molecule has 0 aliphatic rings. The van der Waals surface area contributed by atoms with Crippen molar-refractivity contribution in [3.63, 3.8) is 0 Å². The maximum Gasteiger partial charge on any atom is 0.472 e. The van der Waals surface area contributed by atoms with Crippen LogP contribution in [0.15, 0.2) is 48.6 Å². The van der Waals surface area contributed by atoms with Gasteiger partial charge in [-0.3, -0.25) is 18.6 Å². The van der Waals surface area contributed by atoms with Crippen LogP contribution in [-0.2, 0) is 32.7 Å². The lowest BCUT2D eigenvalue weighted by Crippen LogP contribution is -2.29. The highest BCUT2D eigenvalue weighted by atomic mass is 31.2. The molecule has 0 aliphatic carbocycles. The van der Waals surface area contributed by atoms with E-state index in [0.717, 1.165) is 57.8 Å². The van der Waals surface area contributed by atoms with E-state index in [0.29, 0.717) is 12.8 Å². The van der Waals surface area contributed by atoms with E-state index in [1.54, 1.807) is 0 Å². The zero-order valence-corrected chi connectivity index (χ0v) is 36.2. The van der Waals surface area contributed by atoms with Crippen molar-refractivity contribution in [1.82, 2.24) is 0 Å². The number of carbonyl (C=O) groups is 2. The van der Waals surface area contributed by atoms with Crippen LogP contribution in [0.3, 0.4) is 0 Å². The van der Waals surface area contributed by atoms with Gasteiger partial charge in [0.25, 0.3) is 0 Å². The molecule has 0 spiro atoms. The summed E-state index contributed by atoms with van der Waals surface area (Å²) in [5, 5.41) is 18.3. The first-order chi connectivity index (χ1) is 27.2. The van der Waals surface area contributed by atoms with Gasteiger partial charge in [-0.15, -0.1) is 0 Å². The Bertz CT molecular complexity index is 1070. The highest BCUT2D eigenvalue weighted by Crippen LogP contribution is 2.43. The fraction of sp³-hybridized carbons (Fsp3) is 0.778. The van der Waals surface area contributed by atoms with Crippen LogP contribution in [0.25, 0.3) is 0 Å². The van der Waals surface area contributed by atoms with Crippen LogP contribution in [0.5, 0.6) is 0 Å². The Morgan fingerprint density at radius 3 is 1.48 bits per heavy atom. The molecule has 0 bridgehead atoms. The molecule has 0 heterocycles. The van der Waals surface area contributed by atoms with E-state index < -0.39 is 51.8 Å². The smallest absolute Gasteiger partial charge is 0.462 e. The Balaban J connectivity index is 4.32. The Morgan fingerprint density at radius 2 is 0.982 bits per heavy atom. The number of allylic oxidation sites excluding steroid dienone is 8. The summed E-state index contributed by atoms with van der Waals surface area (Å²) in [6.07, 6.45) is 43.7. The largest absolute Gasteiger partial charge is 0.472 e. The first-order valence-corrected chi connectivity index (χ1v) is 23.6. The summed E-state index contributed by atoms with van der Waals surface area (Å²) in [6, 6.07) is 0. The van der Waals surface area contributed by atoms with Crippen LogP contribution in [0, 0.1) is 0 Å². The number of phosphoric ester groups is 1. The lowest BCUT2D eigenvalue weighted by Gasteiger charge is -2.20. The van der Waals surface area contributed by atoms with E-state index in [2.05, 4.69) is 67.0 Å². The van der Waals surface area contributed by atoms with Gasteiger partial charge in [-0.2, -0.15) is 0 Å². The third-order valence-corrected chi connectivity index (χ3v) is 10.2. The van der Waals surface area contributed by atoms with Gasteiger partial charge < -0.3 is 24.6 Å². The van der Waals surface area contributed by atoms with Gasteiger partial charge in [-0.1, -0.05) is 172 Å². The second-order valence-corrected chi connectivity index (χ2v) is 16.2. The standard InChI is InChI=1S/C45H81O10P/c1-3-5-7-9-11-13-15-17-19-20-21-23-25-27-29-31-33-35-37-45(49)55-43(41-54-56(50,51)53-39-42(47)38-46)40-52-44(48)36-34-32-30-28-26-24-22-18-16-14-12-10-8-6-4-2/h6,8,12,14,18,22,26,28,42-43,46-47H,3-5,7,9-11,13,15-17,19-21,23-25,27,29-41H2,1-2H3,(H,50,51)/b8-6+,14-12+,22-18+,28-26+/t42-,43+/m0/s1. The number of phosphoric acid groups is 1. The van der Waals surface area contributed by atoms with Gasteiger partial charge in [0.2, 0.25) is 0 Å². The molecule has 0 saturated heterocycles. The van der Waals surface area contributed by atoms with Gasteiger partial charge >= 0.3 is 19.8 Å². The molecule has 326 valence electrons. The molecule has 56 heavy (non-hydrogen) atoms. The van der Waals surface area contributed by atoms with E-state index in [1.165, 1.54) is 89.9 Å². The highest BCUT2D eigenvalue weighted by molar-refractivity contribution is 7.47. The van der Waals surface area contributed by atoms with Gasteiger partial charge in [0.1, 0.15) is 12.7 Å². The monoisotopic (exact) mass is 813 g/mol. The van der Waals surface area contributed by atoms with Crippen LogP contribution in [0.4, 0.5) is 0 Å². The first-order valence-electron chi connectivity index (χ1n) is 22.1. The van der Waals surface area contributed by atoms with Crippen molar-refractivity contribution in [2.75, 3.05) is 26.4 Å². The molecule has 0 fully saturated rings. The predicted octanol–water partition coefficient (Wildman–Crippen LogP) is 11.7. The van der Waals surface area contributed by atoms with E-state index >= 15 is 0 Å². The van der Waals surface area contributed by atoms with Crippen molar-refractivity contribution in [3.8, 4) is 0 Å². The lowest BCUT2D eigenvalue weighted by molar-refractivity contribution is -0.161. The Morgan fingerprint density at radius 1 is 0.554 bits per heavy atom. The van der Waals surface area contributed by atoms with E-state index in [9.17, 15) is 24.2 Å². The zero-order chi connectivity index (χ0) is 41.2. The maximum absolute atomic E-state index is 12.6. The van der Waals surface area contributed by atoms with Gasteiger partial charge in [0, 0.05) is 12.8 Å². The first kappa shape index (κ1) is 53.9. The number of aliphatic hydroxyl groups is 2. The fourth-order valence-corrected chi connectivity index (χ4v) is 6.66. The molecule has 0 amide bonds. The molecule has 3 atom stereocenters. The van der Waals surface area contributed by atoms with Crippen LogP contribution in [0.2, 0.25) is 0 Å². The second-order valence-electron chi connectivity index (χ2n) is 14.7. The van der Waals surface area contributed by atoms with Gasteiger partial charge in [-0.05, 0) is 51.4 Å². The summed E-state index contributed by atoms with van der Waals surface area (Å²) in [5.74, 6) is -0.970. The molecule has 0 aliphatic heterocycles. The summed E-state index contributed by atoms with van der Waals surface area (Å²) >= 11 is 0. The number of unbranched alkanes of at least 4 members (excludes halogenated alkanes) is 19. The molecule has 3 N–H and O–H groups in total. The number of hydrogen-bond donors (Lipinski definition) is 3. The van der Waals surface area contributed by atoms with Crippen LogP contribution < -0.4 is 0 Å². The minimum Gasteiger partial charge on any atom is -0.462 e. The third-order valence-electron chi connectivity index (χ3n) is 9.25. The second kappa shape index (κ2) is 41.1. The van der Waals surface area contributed by atoms with Crippen molar-refractivity contribution in [2.45, 2.75) is 199 Å². The van der Waals surface area contributed by atoms with Gasteiger partial charge in [0.15, 0.2) is 6.10 Å². The van der Waals surface area contributed by atoms with Crippen molar-refractivity contribution < 1.29 is 47.8 Å². The molecule has 0 saturated carbocycles. The molecule has 0 aromatic rings. The number of hydrogen-bond acceptors (Lipinski definition) is 9. The number of carbonyl (C=O) groups excluding carboxylic acids is 2. The molecule has 11 heteroatoms. The molecule has 0 aromatic carbocycles. The average molecular weight is 813 g/mol. The minimum absolute atomic E-state index is 0.177. The van der Waals surface area contributed by atoms with E-state index in [4.69, 9.17) is 19.1 Å². The summed E-state index contributed by atoms with van der Waals surface area (Å²) in [7, 11) is -4.63. The van der Waals surface area contributed by atoms with Crippen molar-refractivity contribution >= 4 is 19.8 Å². The van der Waals surface area contributed by atoms with Crippen LogP contribution in [0.1, 0.15) is 187 Å². The molecular formula is C45H81O10P. The number of esters is 2. The molecule has 10 nitrogen and oxygen atoms in total. The highest BCUT2D eigenvalue weighted by Gasteiger charge is 2.27. The Labute approximate surface area is 341 Å². The zero-order valence-electron chi connectivity index (χ0n) is 35.3. The fourth-order valence-electron chi connectivity index (χ4n) is 5.87. The van der Waals surface area contributed by atoms with Crippen molar-refractivity contribution in [1.29, 1.82) is 0 Å². The average Bonchev–Trinajstić information content (AvgIpc) is 3.19. The molecule has 0 radical (unpaired) electrons. The predicted molar refractivity (Wildman–Crippen MR) is 228 cm³/mol. The number of aliphatic hydroxyl groups excluding tert-OH is 2. The van der Waals surface area contributed by atoms with E-state index in [1.807, 2.05) is 0 Å². The van der Waals surface area contributed by atoms with Gasteiger partial charge in [-0.25, -0.2) is 4.57 Å². The summed E-state index contributed by atoms with van der Waals surface area (Å²) in [6.45, 7) is 2.23. The van der Waals surface area contributed by atoms with Gasteiger partial charge in [0.05, 0.1) is 19.8 Å². The van der Waals surface area contributed by atoms with Crippen LogP contribution >= 0.6 is 7.82 Å². The third kappa shape index (κ3) is 40.1. The van der Waals surface area contributed by atoms with Crippen molar-refractivity contribution in [3.05, 3.63) is 48.6 Å². The quantitative estimate of drug-likeness (QED) is 0.0236. The molecular weight excluding hydrogens is 731 g/mol. The van der Waals surface area contributed by atoms with Crippen LogP contribution in [-0.4, -0.2) is 65.7 Å². The molecule has 0 aromatic heterocycles. The summed E-state index contributed by atoms with van der Waals surface area (Å²) in [4.78, 5) is 35.0.